The van der Waals surface area contributed by atoms with Crippen LogP contribution in [0.5, 0.6) is 0 Å². The second-order valence-electron chi connectivity index (χ2n) is 14.6. The number of carbonyl (C=O) groups excluding carboxylic acids is 1. The van der Waals surface area contributed by atoms with Crippen molar-refractivity contribution in [3.8, 4) is 0 Å². The van der Waals surface area contributed by atoms with Gasteiger partial charge in [0.05, 0.1) is 39.0 Å². The summed E-state index contributed by atoms with van der Waals surface area (Å²) in [5, 5.41) is 11.5. The molecular weight excluding hydrogens is 556 g/mol. The van der Waals surface area contributed by atoms with E-state index in [1.165, 1.54) is 51.6 Å². The van der Waals surface area contributed by atoms with E-state index in [0.717, 1.165) is 56.6 Å². The van der Waals surface area contributed by atoms with Crippen molar-refractivity contribution >= 4 is 5.97 Å². The number of rotatable bonds is 5. The Morgan fingerprint density at radius 2 is 1.82 bits per heavy atom. The standard InChI is InChI=1S/C32H53N2O4.BrH/c1-5-14-34(15-6-7-16-34)28-20-26-24-9-8-23-19-27(33-12-17-37-18-13-33)29(36)21-32(23,4)25(24)10-11-31(26,3)30(28)38-22(2)35;/h5,23-30,36H,1,6-21H2,2-4H3;1H/q+1;/p-1/t23?,24?,25?,26?,27-,28-,29-,30-,31-,32-;/m0./s1. The molecule has 0 aromatic carbocycles. The number of halogens is 1. The van der Waals surface area contributed by atoms with Gasteiger partial charge in [0, 0.05) is 50.7 Å². The molecule has 4 aliphatic carbocycles. The summed E-state index contributed by atoms with van der Waals surface area (Å²) in [6.45, 7) is 17.7. The van der Waals surface area contributed by atoms with E-state index >= 15 is 0 Å². The van der Waals surface area contributed by atoms with Crippen LogP contribution < -0.4 is 17.0 Å². The maximum Gasteiger partial charge on any atom is 0.303 e. The van der Waals surface area contributed by atoms with Crippen LogP contribution in [0.4, 0.5) is 0 Å². The fourth-order valence-corrected chi connectivity index (χ4v) is 11.3. The van der Waals surface area contributed by atoms with Crippen molar-refractivity contribution in [1.82, 2.24) is 4.90 Å². The molecule has 4 unspecified atom stereocenters. The van der Waals surface area contributed by atoms with Gasteiger partial charge in [-0.1, -0.05) is 20.4 Å². The van der Waals surface area contributed by atoms with Gasteiger partial charge in [0.1, 0.15) is 6.04 Å². The van der Waals surface area contributed by atoms with Crippen LogP contribution in [-0.4, -0.2) is 90.7 Å². The van der Waals surface area contributed by atoms with Gasteiger partial charge in [-0.2, -0.15) is 0 Å². The van der Waals surface area contributed by atoms with Gasteiger partial charge in [-0.25, -0.2) is 0 Å². The minimum Gasteiger partial charge on any atom is -1.00 e. The summed E-state index contributed by atoms with van der Waals surface area (Å²) in [6, 6.07) is 0.686. The molecule has 2 heterocycles. The lowest BCUT2D eigenvalue weighted by molar-refractivity contribution is -0.937. The predicted molar refractivity (Wildman–Crippen MR) is 148 cm³/mol. The van der Waals surface area contributed by atoms with Crippen LogP contribution in [0.1, 0.15) is 78.6 Å². The SMILES string of the molecule is C=CC[N+]1([C@H]2CC3C4CCC5C[C@H](N6CCOCC6)[C@@H](O)C[C@]5(C)C4CC[C@]3(C)[C@H]2OC(C)=O)CCCC1.[Br-]. The summed E-state index contributed by atoms with van der Waals surface area (Å²) in [5.74, 6) is 2.53. The fraction of sp³-hybridized carbons (Fsp3) is 0.906. The summed E-state index contributed by atoms with van der Waals surface area (Å²) < 4.78 is 13.0. The number of hydrogen-bond acceptors (Lipinski definition) is 5. The highest BCUT2D eigenvalue weighted by Gasteiger charge is 2.67. The average molecular weight is 610 g/mol. The van der Waals surface area contributed by atoms with Gasteiger partial charge >= 0.3 is 5.97 Å². The number of likely N-dealkylation sites (tertiary alicyclic amines) is 1. The number of quaternary nitrogens is 1. The summed E-state index contributed by atoms with van der Waals surface area (Å²) in [4.78, 5) is 15.0. The third kappa shape index (κ3) is 4.88. The molecule has 2 saturated heterocycles. The number of aliphatic hydroxyl groups excluding tert-OH is 1. The van der Waals surface area contributed by atoms with Crippen molar-refractivity contribution in [3.63, 3.8) is 0 Å². The minimum atomic E-state index is -0.238. The molecule has 39 heavy (non-hydrogen) atoms. The van der Waals surface area contributed by atoms with Crippen LogP contribution in [0.15, 0.2) is 12.7 Å². The Morgan fingerprint density at radius 1 is 1.10 bits per heavy atom. The number of carbonyl (C=O) groups is 1. The molecule has 0 bridgehead atoms. The Morgan fingerprint density at radius 3 is 2.49 bits per heavy atom. The van der Waals surface area contributed by atoms with Gasteiger partial charge in [0.2, 0.25) is 0 Å². The van der Waals surface area contributed by atoms with E-state index in [1.807, 2.05) is 0 Å². The van der Waals surface area contributed by atoms with Crippen LogP contribution >= 0.6 is 0 Å². The van der Waals surface area contributed by atoms with Crippen molar-refractivity contribution in [2.24, 2.45) is 34.5 Å². The highest BCUT2D eigenvalue weighted by molar-refractivity contribution is 5.66. The molecule has 0 radical (unpaired) electrons. The van der Waals surface area contributed by atoms with Gasteiger partial charge in [-0.15, -0.1) is 0 Å². The van der Waals surface area contributed by atoms with E-state index in [-0.39, 0.29) is 46.0 Å². The van der Waals surface area contributed by atoms with Crippen LogP contribution in [0.3, 0.4) is 0 Å². The van der Waals surface area contributed by atoms with E-state index in [2.05, 4.69) is 31.4 Å². The summed E-state index contributed by atoms with van der Waals surface area (Å²) in [6.07, 6.45) is 12.6. The van der Waals surface area contributed by atoms with E-state index in [1.54, 1.807) is 6.92 Å². The maximum absolute atomic E-state index is 12.5. The molecule has 6 aliphatic rings. The number of esters is 1. The summed E-state index contributed by atoms with van der Waals surface area (Å²) in [5.41, 5.74) is 0.266. The molecule has 222 valence electrons. The molecular formula is C32H53BrN2O4. The van der Waals surface area contributed by atoms with Gasteiger partial charge in [-0.3, -0.25) is 9.69 Å². The zero-order chi connectivity index (χ0) is 26.7. The number of nitrogens with zero attached hydrogens (tertiary/aromatic N) is 2. The van der Waals surface area contributed by atoms with Crippen LogP contribution in [0.2, 0.25) is 0 Å². The quantitative estimate of drug-likeness (QED) is 0.291. The first-order valence-electron chi connectivity index (χ1n) is 15.9. The molecule has 2 aliphatic heterocycles. The number of ether oxygens (including phenoxy) is 2. The zero-order valence-electron chi connectivity index (χ0n) is 24.7. The molecule has 0 aromatic rings. The largest absolute Gasteiger partial charge is 1.00 e. The molecule has 6 rings (SSSR count). The molecule has 0 spiro atoms. The second kappa shape index (κ2) is 11.3. The Labute approximate surface area is 247 Å². The van der Waals surface area contributed by atoms with Crippen molar-refractivity contribution in [2.45, 2.75) is 103 Å². The van der Waals surface area contributed by atoms with Crippen molar-refractivity contribution in [1.29, 1.82) is 0 Å². The van der Waals surface area contributed by atoms with Gasteiger partial charge in [-0.05, 0) is 73.7 Å². The Balaban J connectivity index is 0.00000308. The van der Waals surface area contributed by atoms with E-state index in [9.17, 15) is 9.90 Å². The second-order valence-corrected chi connectivity index (χ2v) is 14.6. The molecule has 10 atom stereocenters. The van der Waals surface area contributed by atoms with E-state index in [4.69, 9.17) is 9.47 Å². The molecule has 6 nitrogen and oxygen atoms in total. The number of fused-ring (bicyclic) bond motifs is 5. The van der Waals surface area contributed by atoms with Crippen molar-refractivity contribution < 1.29 is 40.8 Å². The Kier molecular flexibility index (Phi) is 8.70. The third-order valence-electron chi connectivity index (χ3n) is 13.1. The van der Waals surface area contributed by atoms with Crippen molar-refractivity contribution in [2.75, 3.05) is 45.9 Å². The molecule has 4 saturated carbocycles. The first kappa shape index (κ1) is 30.0. The highest BCUT2D eigenvalue weighted by Crippen LogP contribution is 2.67. The van der Waals surface area contributed by atoms with Crippen LogP contribution in [0, 0.1) is 34.5 Å². The predicted octanol–water partition coefficient (Wildman–Crippen LogP) is 1.41. The molecule has 0 aromatic heterocycles. The number of morpholine rings is 1. The van der Waals surface area contributed by atoms with Gasteiger partial charge < -0.3 is 36.0 Å². The third-order valence-corrected chi connectivity index (χ3v) is 13.1. The minimum absolute atomic E-state index is 0. The van der Waals surface area contributed by atoms with Gasteiger partial charge in [0.25, 0.3) is 0 Å². The van der Waals surface area contributed by atoms with Crippen LogP contribution in [0.25, 0.3) is 0 Å². The van der Waals surface area contributed by atoms with Crippen molar-refractivity contribution in [3.05, 3.63) is 12.7 Å². The maximum atomic E-state index is 12.5. The first-order chi connectivity index (χ1) is 18.2. The molecule has 7 heteroatoms. The molecule has 6 fully saturated rings. The Bertz CT molecular complexity index is 905. The first-order valence-corrected chi connectivity index (χ1v) is 15.9. The number of hydrogen-bond donors (Lipinski definition) is 1. The smallest absolute Gasteiger partial charge is 0.303 e. The topological polar surface area (TPSA) is 59.0 Å². The average Bonchev–Trinajstić information content (AvgIpc) is 3.47. The molecule has 1 N–H and O–H groups in total. The number of aliphatic hydroxyl groups is 1. The van der Waals surface area contributed by atoms with Crippen LogP contribution in [-0.2, 0) is 14.3 Å². The lowest BCUT2D eigenvalue weighted by atomic mass is 9.44. The monoisotopic (exact) mass is 608 g/mol. The lowest BCUT2D eigenvalue weighted by Gasteiger charge is -2.62. The zero-order valence-corrected chi connectivity index (χ0v) is 26.2. The molecule has 0 amide bonds. The van der Waals surface area contributed by atoms with E-state index < -0.39 is 0 Å². The summed E-state index contributed by atoms with van der Waals surface area (Å²) in [7, 11) is 0. The lowest BCUT2D eigenvalue weighted by Crippen LogP contribution is -3.00. The van der Waals surface area contributed by atoms with E-state index in [0.29, 0.717) is 35.8 Å². The van der Waals surface area contributed by atoms with Gasteiger partial charge in [0.15, 0.2) is 6.10 Å². The fourth-order valence-electron chi connectivity index (χ4n) is 11.3. The Hall–Kier alpha value is -0.470. The summed E-state index contributed by atoms with van der Waals surface area (Å²) >= 11 is 0. The highest BCUT2D eigenvalue weighted by atomic mass is 79.9. The normalized spacial score (nSPS) is 47.3.